The van der Waals surface area contributed by atoms with E-state index >= 15 is 0 Å². The summed E-state index contributed by atoms with van der Waals surface area (Å²) in [6.07, 6.45) is -0.0850. The molecule has 122 valence electrons. The van der Waals surface area contributed by atoms with Gasteiger partial charge in [0.05, 0.1) is 18.6 Å². The molecule has 0 radical (unpaired) electrons. The number of carbonyl (C=O) groups is 1. The van der Waals surface area contributed by atoms with Gasteiger partial charge >= 0.3 is 5.97 Å². The number of phenolic OH excluding ortho intramolecular Hbond substituents is 1. The normalized spacial score (nSPS) is 11.9. The maximum Gasteiger partial charge on any atom is 0.306 e. The molecule has 0 aliphatic rings. The lowest BCUT2D eigenvalue weighted by atomic mass is 9.88. The molecular weight excluding hydrogens is 298 g/mol. The van der Waals surface area contributed by atoms with Gasteiger partial charge in [-0.15, -0.1) is 0 Å². The molecule has 2 rings (SSSR count). The van der Waals surface area contributed by atoms with Gasteiger partial charge in [0.2, 0.25) is 0 Å². The van der Waals surface area contributed by atoms with Crippen molar-refractivity contribution in [2.24, 2.45) is 0 Å². The van der Waals surface area contributed by atoms with Crippen LogP contribution in [0, 0.1) is 6.92 Å². The van der Waals surface area contributed by atoms with Crippen LogP contribution in [0.25, 0.3) is 0 Å². The quantitative estimate of drug-likeness (QED) is 0.734. The first-order valence-corrected chi connectivity index (χ1v) is 7.29. The van der Waals surface area contributed by atoms with E-state index in [1.54, 1.807) is 26.0 Å². The molecule has 0 fully saturated rings. The van der Waals surface area contributed by atoms with E-state index < -0.39 is 17.4 Å². The van der Waals surface area contributed by atoms with Crippen molar-refractivity contribution in [2.75, 3.05) is 6.61 Å². The zero-order chi connectivity index (χ0) is 17.0. The van der Waals surface area contributed by atoms with Crippen LogP contribution in [0.15, 0.2) is 35.1 Å². The molecule has 0 aliphatic carbocycles. The number of phenols is 1. The second kappa shape index (κ2) is 7.00. The number of benzene rings is 1. The minimum atomic E-state index is -0.668. The van der Waals surface area contributed by atoms with Crippen LogP contribution in [0.4, 0.5) is 0 Å². The van der Waals surface area contributed by atoms with Gasteiger partial charge in [-0.1, -0.05) is 12.1 Å². The highest BCUT2D eigenvalue weighted by molar-refractivity contribution is 5.71. The monoisotopic (exact) mass is 317 g/mol. The number of ether oxygens (including phenoxy) is 1. The van der Waals surface area contributed by atoms with Gasteiger partial charge in [0, 0.05) is 11.6 Å². The third-order valence-corrected chi connectivity index (χ3v) is 3.50. The maximum atomic E-state index is 12.3. The number of hydrogen-bond acceptors (Lipinski definition) is 5. The van der Waals surface area contributed by atoms with Crippen molar-refractivity contribution < 1.29 is 19.7 Å². The van der Waals surface area contributed by atoms with E-state index in [-0.39, 0.29) is 30.1 Å². The Bertz CT molecular complexity index is 749. The van der Waals surface area contributed by atoms with Gasteiger partial charge in [0.25, 0.3) is 5.56 Å². The fourth-order valence-corrected chi connectivity index (χ4v) is 2.50. The molecular formula is C17H19NO5. The summed E-state index contributed by atoms with van der Waals surface area (Å²) in [6, 6.07) is 7.59. The third-order valence-electron chi connectivity index (χ3n) is 3.50. The summed E-state index contributed by atoms with van der Waals surface area (Å²) >= 11 is 0. The first kappa shape index (κ1) is 16.6. The minimum Gasteiger partial charge on any atom is -0.508 e. The van der Waals surface area contributed by atoms with Crippen molar-refractivity contribution in [3.63, 3.8) is 0 Å². The number of H-pyrrole nitrogens is 1. The molecule has 1 heterocycles. The Labute approximate surface area is 133 Å². The van der Waals surface area contributed by atoms with E-state index in [1.807, 2.05) is 0 Å². The SMILES string of the molecule is CCOC(=O)CC(c1ccc(O)cc1)c1c(O)cc(C)[nH]c1=O. The van der Waals surface area contributed by atoms with E-state index in [0.29, 0.717) is 11.3 Å². The summed E-state index contributed by atoms with van der Waals surface area (Å²) in [6.45, 7) is 3.59. The number of carbonyl (C=O) groups excluding carboxylic acids is 1. The molecule has 6 nitrogen and oxygen atoms in total. The number of nitrogens with one attached hydrogen (secondary N) is 1. The average Bonchev–Trinajstić information content (AvgIpc) is 2.46. The molecule has 0 saturated carbocycles. The average molecular weight is 317 g/mol. The van der Waals surface area contributed by atoms with E-state index in [9.17, 15) is 19.8 Å². The molecule has 1 aromatic carbocycles. The van der Waals surface area contributed by atoms with Crippen LogP contribution in [-0.4, -0.2) is 27.8 Å². The lowest BCUT2D eigenvalue weighted by Crippen LogP contribution is -2.21. The van der Waals surface area contributed by atoms with Crippen LogP contribution in [-0.2, 0) is 9.53 Å². The Morgan fingerprint density at radius 3 is 2.48 bits per heavy atom. The fraction of sp³-hybridized carbons (Fsp3) is 0.294. The van der Waals surface area contributed by atoms with Crippen LogP contribution in [0.1, 0.15) is 36.1 Å². The molecule has 1 unspecified atom stereocenters. The van der Waals surface area contributed by atoms with Crippen molar-refractivity contribution >= 4 is 5.97 Å². The Balaban J connectivity index is 2.51. The smallest absolute Gasteiger partial charge is 0.306 e. The predicted molar refractivity (Wildman–Crippen MR) is 84.7 cm³/mol. The summed E-state index contributed by atoms with van der Waals surface area (Å²) in [5.74, 6) is -1.23. The van der Waals surface area contributed by atoms with Crippen LogP contribution < -0.4 is 5.56 Å². The molecule has 2 aromatic rings. The molecule has 1 aromatic heterocycles. The number of hydrogen-bond donors (Lipinski definition) is 3. The number of aromatic nitrogens is 1. The van der Waals surface area contributed by atoms with Gasteiger partial charge in [0.1, 0.15) is 11.5 Å². The molecule has 1 atom stereocenters. The van der Waals surface area contributed by atoms with Crippen LogP contribution in [0.2, 0.25) is 0 Å². The predicted octanol–water partition coefficient (Wildman–Crippen LogP) is 2.18. The number of esters is 1. The van der Waals surface area contributed by atoms with Gasteiger partial charge in [0.15, 0.2) is 0 Å². The van der Waals surface area contributed by atoms with Crippen molar-refractivity contribution in [1.29, 1.82) is 0 Å². The van der Waals surface area contributed by atoms with Crippen LogP contribution in [0.3, 0.4) is 0 Å². The number of pyridine rings is 1. The summed E-state index contributed by atoms with van der Waals surface area (Å²) < 4.78 is 4.96. The largest absolute Gasteiger partial charge is 0.508 e. The molecule has 0 spiro atoms. The summed E-state index contributed by atoms with van der Waals surface area (Å²) in [4.78, 5) is 26.8. The lowest BCUT2D eigenvalue weighted by molar-refractivity contribution is -0.143. The third kappa shape index (κ3) is 3.91. The first-order chi connectivity index (χ1) is 10.9. The van der Waals surface area contributed by atoms with Crippen LogP contribution in [0.5, 0.6) is 11.5 Å². The summed E-state index contributed by atoms with van der Waals surface area (Å²) in [5.41, 5.74) is 0.802. The van der Waals surface area contributed by atoms with E-state index in [1.165, 1.54) is 18.2 Å². The maximum absolute atomic E-state index is 12.3. The standard InChI is InChI=1S/C17H19NO5/c1-3-23-15(21)9-13(11-4-6-12(19)7-5-11)16-14(20)8-10(2)18-17(16)22/h4-8,13,19H,3,9H2,1-2H3,(H2,18,20,22). The highest BCUT2D eigenvalue weighted by atomic mass is 16.5. The van der Waals surface area contributed by atoms with Crippen molar-refractivity contribution in [2.45, 2.75) is 26.2 Å². The van der Waals surface area contributed by atoms with Crippen molar-refractivity contribution in [3.05, 3.63) is 57.5 Å². The Kier molecular flexibility index (Phi) is 5.05. The fourth-order valence-electron chi connectivity index (χ4n) is 2.50. The van der Waals surface area contributed by atoms with E-state index in [2.05, 4.69) is 4.98 Å². The lowest BCUT2D eigenvalue weighted by Gasteiger charge is -2.18. The molecule has 0 saturated heterocycles. The highest BCUT2D eigenvalue weighted by Crippen LogP contribution is 2.32. The number of aromatic hydroxyl groups is 2. The molecule has 23 heavy (non-hydrogen) atoms. The zero-order valence-electron chi connectivity index (χ0n) is 13.0. The van der Waals surface area contributed by atoms with Gasteiger partial charge in [-0.25, -0.2) is 0 Å². The van der Waals surface area contributed by atoms with Crippen molar-refractivity contribution in [1.82, 2.24) is 4.98 Å². The van der Waals surface area contributed by atoms with Gasteiger partial charge in [-0.3, -0.25) is 9.59 Å². The number of aryl methyl sites for hydroxylation is 1. The van der Waals surface area contributed by atoms with Crippen LogP contribution >= 0.6 is 0 Å². The van der Waals surface area contributed by atoms with E-state index in [4.69, 9.17) is 4.74 Å². The summed E-state index contributed by atoms with van der Waals surface area (Å²) in [5, 5.41) is 19.6. The van der Waals surface area contributed by atoms with Crippen molar-refractivity contribution in [3.8, 4) is 11.5 Å². The molecule has 0 amide bonds. The number of aromatic amines is 1. The minimum absolute atomic E-state index is 0.0747. The van der Waals surface area contributed by atoms with Gasteiger partial charge < -0.3 is 19.9 Å². The summed E-state index contributed by atoms with van der Waals surface area (Å²) in [7, 11) is 0. The molecule has 3 N–H and O–H groups in total. The van der Waals surface area contributed by atoms with Gasteiger partial charge in [-0.2, -0.15) is 0 Å². The van der Waals surface area contributed by atoms with Gasteiger partial charge in [-0.05, 0) is 37.6 Å². The second-order valence-electron chi connectivity index (χ2n) is 5.23. The molecule has 0 aliphatic heterocycles. The topological polar surface area (TPSA) is 99.6 Å². The Morgan fingerprint density at radius 2 is 1.91 bits per heavy atom. The van der Waals surface area contributed by atoms with E-state index in [0.717, 1.165) is 0 Å². The second-order valence-corrected chi connectivity index (χ2v) is 5.23. The molecule has 0 bridgehead atoms. The Hall–Kier alpha value is -2.76. The Morgan fingerprint density at radius 1 is 1.26 bits per heavy atom. The first-order valence-electron chi connectivity index (χ1n) is 7.29. The molecule has 6 heteroatoms. The zero-order valence-corrected chi connectivity index (χ0v) is 13.0. The number of rotatable bonds is 5. The highest BCUT2D eigenvalue weighted by Gasteiger charge is 2.25.